The molecule has 0 radical (unpaired) electrons. The van der Waals surface area contributed by atoms with Crippen molar-refractivity contribution in [3.05, 3.63) is 27.2 Å². The summed E-state index contributed by atoms with van der Waals surface area (Å²) in [5.41, 5.74) is 0.439. The summed E-state index contributed by atoms with van der Waals surface area (Å²) in [5, 5.41) is 0.942. The van der Waals surface area contributed by atoms with Gasteiger partial charge in [-0.05, 0) is 31.4 Å². The van der Waals surface area contributed by atoms with Gasteiger partial charge in [-0.25, -0.2) is 0 Å². The van der Waals surface area contributed by atoms with E-state index in [0.717, 1.165) is 12.8 Å². The Hall–Kier alpha value is -0.970. The Morgan fingerprint density at radius 1 is 1.00 bits per heavy atom. The fourth-order valence-corrected chi connectivity index (χ4v) is 3.54. The zero-order chi connectivity index (χ0) is 15.1. The van der Waals surface area contributed by atoms with Gasteiger partial charge in [-0.3, -0.25) is 14.5 Å². The van der Waals surface area contributed by atoms with Crippen LogP contribution < -0.4 is 4.90 Å². The number of rotatable bonds is 1. The summed E-state index contributed by atoms with van der Waals surface area (Å²) in [6.07, 6.45) is 2.59. The van der Waals surface area contributed by atoms with E-state index < -0.39 is 0 Å². The maximum atomic E-state index is 12.7. The van der Waals surface area contributed by atoms with E-state index >= 15 is 0 Å². The zero-order valence-corrected chi connectivity index (χ0v) is 13.4. The second-order valence-electron chi connectivity index (χ2n) is 5.24. The van der Waals surface area contributed by atoms with Gasteiger partial charge in [-0.1, -0.05) is 34.8 Å². The fraction of sp³-hybridized carbons (Fsp3) is 0.429. The van der Waals surface area contributed by atoms with Gasteiger partial charge in [0, 0.05) is 6.54 Å². The Balaban J connectivity index is 1.97. The largest absolute Gasteiger partial charge is 0.329 e. The summed E-state index contributed by atoms with van der Waals surface area (Å²) in [6.45, 7) is 0.644. The van der Waals surface area contributed by atoms with E-state index in [1.54, 1.807) is 4.90 Å². The molecular weight excluding hydrogens is 335 g/mol. The summed E-state index contributed by atoms with van der Waals surface area (Å²) < 4.78 is 0. The number of nitrogens with zero attached hydrogens (tertiary/aromatic N) is 2. The van der Waals surface area contributed by atoms with Crippen LogP contribution in [-0.2, 0) is 9.59 Å². The van der Waals surface area contributed by atoms with Gasteiger partial charge in [0.1, 0.15) is 12.6 Å². The van der Waals surface area contributed by atoms with Gasteiger partial charge in [0.15, 0.2) is 0 Å². The first-order valence-electron chi connectivity index (χ1n) is 6.74. The quantitative estimate of drug-likeness (QED) is 0.731. The molecule has 0 aromatic heterocycles. The van der Waals surface area contributed by atoms with Crippen molar-refractivity contribution in [2.45, 2.75) is 25.3 Å². The zero-order valence-electron chi connectivity index (χ0n) is 11.1. The maximum absolute atomic E-state index is 12.7. The number of fused-ring (bicyclic) bond motifs is 1. The Morgan fingerprint density at radius 2 is 1.71 bits per heavy atom. The summed E-state index contributed by atoms with van der Waals surface area (Å²) in [7, 11) is 0. The number of hydrogen-bond acceptors (Lipinski definition) is 2. The number of carbonyl (C=O) groups is 2. The Bertz CT molecular complexity index is 620. The van der Waals surface area contributed by atoms with Crippen LogP contribution in [-0.4, -0.2) is 35.8 Å². The molecule has 2 aliphatic rings. The van der Waals surface area contributed by atoms with Crippen LogP contribution >= 0.6 is 34.8 Å². The third kappa shape index (κ3) is 2.60. The number of carbonyl (C=O) groups excluding carboxylic acids is 2. The molecular formula is C14H13Cl3N2O2. The van der Waals surface area contributed by atoms with Crippen molar-refractivity contribution in [1.82, 2.24) is 4.90 Å². The molecule has 1 unspecified atom stereocenters. The van der Waals surface area contributed by atoms with Crippen LogP contribution in [0.3, 0.4) is 0 Å². The molecule has 0 spiro atoms. The van der Waals surface area contributed by atoms with Crippen molar-refractivity contribution in [2.75, 3.05) is 18.0 Å². The molecule has 2 heterocycles. The third-order valence-corrected chi connectivity index (χ3v) is 4.97. The smallest absolute Gasteiger partial charge is 0.250 e. The second-order valence-corrected chi connectivity index (χ2v) is 6.46. The minimum atomic E-state index is -0.384. The molecule has 1 aromatic rings. The first-order chi connectivity index (χ1) is 9.99. The van der Waals surface area contributed by atoms with Crippen molar-refractivity contribution >= 4 is 52.3 Å². The summed E-state index contributed by atoms with van der Waals surface area (Å²) in [4.78, 5) is 28.0. The van der Waals surface area contributed by atoms with Gasteiger partial charge in [-0.2, -0.15) is 0 Å². The van der Waals surface area contributed by atoms with Crippen molar-refractivity contribution in [3.8, 4) is 0 Å². The van der Waals surface area contributed by atoms with E-state index in [9.17, 15) is 9.59 Å². The number of benzene rings is 1. The molecule has 112 valence electrons. The molecule has 1 atom stereocenters. The predicted molar refractivity (Wildman–Crippen MR) is 83.2 cm³/mol. The average Bonchev–Trinajstić information content (AvgIpc) is 2.47. The molecule has 0 N–H and O–H groups in total. The van der Waals surface area contributed by atoms with E-state index in [4.69, 9.17) is 34.8 Å². The number of anilines is 1. The molecule has 1 aromatic carbocycles. The Kier molecular flexibility index (Phi) is 4.04. The van der Waals surface area contributed by atoms with E-state index in [2.05, 4.69) is 0 Å². The van der Waals surface area contributed by atoms with Crippen molar-refractivity contribution in [3.63, 3.8) is 0 Å². The molecule has 0 bridgehead atoms. The highest BCUT2D eigenvalue weighted by Crippen LogP contribution is 2.36. The minimum absolute atomic E-state index is 0.00693. The molecule has 21 heavy (non-hydrogen) atoms. The van der Waals surface area contributed by atoms with E-state index in [1.807, 2.05) is 0 Å². The molecule has 7 heteroatoms. The van der Waals surface area contributed by atoms with E-state index in [1.165, 1.54) is 17.0 Å². The van der Waals surface area contributed by atoms with E-state index in [-0.39, 0.29) is 24.4 Å². The first-order valence-corrected chi connectivity index (χ1v) is 7.88. The number of amides is 2. The van der Waals surface area contributed by atoms with Gasteiger partial charge in [0.05, 0.1) is 20.8 Å². The average molecular weight is 348 g/mol. The molecule has 3 rings (SSSR count). The summed E-state index contributed by atoms with van der Waals surface area (Å²) in [6, 6.07) is 2.65. The fourth-order valence-electron chi connectivity index (χ4n) is 2.89. The monoisotopic (exact) mass is 346 g/mol. The number of halogens is 3. The highest BCUT2D eigenvalue weighted by Gasteiger charge is 2.41. The first kappa shape index (κ1) is 14.9. The lowest BCUT2D eigenvalue weighted by atomic mass is 9.98. The maximum Gasteiger partial charge on any atom is 0.250 e. The summed E-state index contributed by atoms with van der Waals surface area (Å²) >= 11 is 18.1. The van der Waals surface area contributed by atoms with E-state index in [0.29, 0.717) is 33.7 Å². The molecule has 4 nitrogen and oxygen atoms in total. The molecule has 2 amide bonds. The minimum Gasteiger partial charge on any atom is -0.329 e. The Labute approximate surface area is 137 Å². The van der Waals surface area contributed by atoms with Crippen LogP contribution in [0.2, 0.25) is 15.1 Å². The van der Waals surface area contributed by atoms with Crippen molar-refractivity contribution in [1.29, 1.82) is 0 Å². The van der Waals surface area contributed by atoms with Crippen molar-refractivity contribution < 1.29 is 9.59 Å². The number of hydrogen-bond donors (Lipinski definition) is 0. The molecule has 2 aliphatic heterocycles. The summed E-state index contributed by atoms with van der Waals surface area (Å²) in [5.74, 6) is -0.156. The van der Waals surface area contributed by atoms with Crippen LogP contribution in [0.15, 0.2) is 12.1 Å². The van der Waals surface area contributed by atoms with Gasteiger partial charge in [-0.15, -0.1) is 0 Å². The van der Waals surface area contributed by atoms with Crippen LogP contribution in [0, 0.1) is 0 Å². The van der Waals surface area contributed by atoms with Gasteiger partial charge in [0.25, 0.3) is 0 Å². The highest BCUT2D eigenvalue weighted by atomic mass is 35.5. The highest BCUT2D eigenvalue weighted by molar-refractivity contribution is 6.44. The topological polar surface area (TPSA) is 40.6 Å². The second kappa shape index (κ2) is 5.67. The van der Waals surface area contributed by atoms with Crippen LogP contribution in [0.1, 0.15) is 19.3 Å². The lowest BCUT2D eigenvalue weighted by molar-refractivity contribution is -0.144. The third-order valence-electron chi connectivity index (χ3n) is 3.95. The number of piperidine rings is 1. The normalized spacial score (nSPS) is 22.5. The SMILES string of the molecule is O=C1C2CCCCN2C(=O)CN1c1cc(Cl)c(Cl)cc1Cl. The molecule has 2 saturated heterocycles. The molecule has 0 saturated carbocycles. The van der Waals surface area contributed by atoms with Gasteiger partial charge >= 0.3 is 0 Å². The lowest BCUT2D eigenvalue weighted by Gasteiger charge is -2.42. The van der Waals surface area contributed by atoms with Crippen LogP contribution in [0.5, 0.6) is 0 Å². The lowest BCUT2D eigenvalue weighted by Crippen LogP contribution is -2.61. The van der Waals surface area contributed by atoms with Crippen LogP contribution in [0.25, 0.3) is 0 Å². The standard InChI is InChI=1S/C14H13Cl3N2O2/c15-8-5-10(17)12(6-9(8)16)19-7-13(20)18-4-2-1-3-11(18)14(19)21/h5-6,11H,1-4,7H2. The predicted octanol–water partition coefficient (Wildman–Crippen LogP) is 3.37. The van der Waals surface area contributed by atoms with Gasteiger partial charge in [0.2, 0.25) is 11.8 Å². The Morgan fingerprint density at radius 3 is 2.48 bits per heavy atom. The number of piperazine rings is 1. The van der Waals surface area contributed by atoms with Gasteiger partial charge < -0.3 is 4.90 Å². The van der Waals surface area contributed by atoms with Crippen LogP contribution in [0.4, 0.5) is 5.69 Å². The van der Waals surface area contributed by atoms with Crippen molar-refractivity contribution in [2.24, 2.45) is 0 Å². The molecule has 0 aliphatic carbocycles. The molecule has 2 fully saturated rings.